The standard InChI is InChI=1S/C24H25N3O2/c1-19(24(29)26-17-21-12-14-25-15-13-21)27(18-22-10-6-3-7-11-22)23(28)16-20-8-4-2-5-9-20/h2-15,19H,16-18H2,1H3,(H,26,29)/t19-/m0/s1. The zero-order valence-electron chi connectivity index (χ0n) is 16.5. The number of carbonyl (C=O) groups excluding carboxylic acids is 2. The maximum atomic E-state index is 13.1. The topological polar surface area (TPSA) is 62.3 Å². The molecule has 1 heterocycles. The Bertz CT molecular complexity index is 915. The molecule has 0 saturated heterocycles. The van der Waals surface area contributed by atoms with Gasteiger partial charge in [0.25, 0.3) is 0 Å². The summed E-state index contributed by atoms with van der Waals surface area (Å²) in [7, 11) is 0. The van der Waals surface area contributed by atoms with E-state index >= 15 is 0 Å². The molecule has 29 heavy (non-hydrogen) atoms. The SMILES string of the molecule is C[C@@H](C(=O)NCc1ccncc1)N(Cc1ccccc1)C(=O)Cc1ccccc1. The lowest BCUT2D eigenvalue weighted by molar-refractivity contribution is -0.140. The summed E-state index contributed by atoms with van der Waals surface area (Å²) in [4.78, 5) is 31.5. The van der Waals surface area contributed by atoms with Crippen molar-refractivity contribution in [2.24, 2.45) is 0 Å². The number of amides is 2. The number of benzene rings is 2. The summed E-state index contributed by atoms with van der Waals surface area (Å²) in [5.41, 5.74) is 2.88. The van der Waals surface area contributed by atoms with E-state index in [4.69, 9.17) is 0 Å². The Kier molecular flexibility index (Phi) is 7.11. The van der Waals surface area contributed by atoms with Crippen molar-refractivity contribution in [3.63, 3.8) is 0 Å². The highest BCUT2D eigenvalue weighted by Crippen LogP contribution is 2.12. The van der Waals surface area contributed by atoms with Crippen molar-refractivity contribution in [2.45, 2.75) is 32.5 Å². The van der Waals surface area contributed by atoms with Gasteiger partial charge in [-0.1, -0.05) is 60.7 Å². The van der Waals surface area contributed by atoms with E-state index in [0.717, 1.165) is 16.7 Å². The fraction of sp³-hybridized carbons (Fsp3) is 0.208. The summed E-state index contributed by atoms with van der Waals surface area (Å²) in [6.45, 7) is 2.56. The quantitative estimate of drug-likeness (QED) is 0.645. The van der Waals surface area contributed by atoms with Crippen molar-refractivity contribution < 1.29 is 9.59 Å². The number of hydrogen-bond acceptors (Lipinski definition) is 3. The van der Waals surface area contributed by atoms with E-state index in [1.807, 2.05) is 72.8 Å². The Labute approximate surface area is 171 Å². The van der Waals surface area contributed by atoms with Crippen LogP contribution in [-0.4, -0.2) is 27.7 Å². The Morgan fingerprint density at radius 1 is 0.862 bits per heavy atom. The summed E-state index contributed by atoms with van der Waals surface area (Å²) >= 11 is 0. The molecule has 0 saturated carbocycles. The number of rotatable bonds is 8. The maximum absolute atomic E-state index is 13.1. The third-order valence-corrected chi connectivity index (χ3v) is 4.78. The molecule has 2 aromatic carbocycles. The zero-order chi connectivity index (χ0) is 20.5. The second-order valence-corrected chi connectivity index (χ2v) is 6.92. The molecule has 0 aliphatic rings. The Morgan fingerprint density at radius 3 is 2.07 bits per heavy atom. The normalized spacial score (nSPS) is 11.5. The molecule has 0 fully saturated rings. The first-order chi connectivity index (χ1) is 14.1. The van der Waals surface area contributed by atoms with Gasteiger partial charge in [0, 0.05) is 25.5 Å². The van der Waals surface area contributed by atoms with E-state index in [1.165, 1.54) is 0 Å². The average molecular weight is 387 g/mol. The minimum Gasteiger partial charge on any atom is -0.350 e. The lowest BCUT2D eigenvalue weighted by atomic mass is 10.1. The van der Waals surface area contributed by atoms with Crippen molar-refractivity contribution in [3.8, 4) is 0 Å². The molecule has 1 N–H and O–H groups in total. The molecule has 3 aromatic rings. The molecule has 0 radical (unpaired) electrons. The molecule has 1 atom stereocenters. The van der Waals surface area contributed by atoms with Crippen LogP contribution in [0.1, 0.15) is 23.6 Å². The second-order valence-electron chi connectivity index (χ2n) is 6.92. The first kappa shape index (κ1) is 20.3. The minimum atomic E-state index is -0.590. The van der Waals surface area contributed by atoms with Crippen LogP contribution in [-0.2, 0) is 29.1 Å². The number of nitrogens with one attached hydrogen (secondary N) is 1. The van der Waals surface area contributed by atoms with Crippen LogP contribution < -0.4 is 5.32 Å². The number of pyridine rings is 1. The fourth-order valence-electron chi connectivity index (χ4n) is 3.07. The van der Waals surface area contributed by atoms with Crippen LogP contribution in [0.25, 0.3) is 0 Å². The average Bonchev–Trinajstić information content (AvgIpc) is 2.77. The molecule has 148 valence electrons. The first-order valence-corrected chi connectivity index (χ1v) is 9.67. The number of hydrogen-bond donors (Lipinski definition) is 1. The molecule has 0 aliphatic heterocycles. The Hall–Kier alpha value is -3.47. The fourth-order valence-corrected chi connectivity index (χ4v) is 3.07. The van der Waals surface area contributed by atoms with Crippen molar-refractivity contribution in [2.75, 3.05) is 0 Å². The second kappa shape index (κ2) is 10.2. The molecule has 1 aromatic heterocycles. The van der Waals surface area contributed by atoms with Gasteiger partial charge < -0.3 is 10.2 Å². The van der Waals surface area contributed by atoms with Gasteiger partial charge in [0.15, 0.2) is 0 Å². The van der Waals surface area contributed by atoms with Gasteiger partial charge in [-0.05, 0) is 35.7 Å². The van der Waals surface area contributed by atoms with Crippen LogP contribution in [0.3, 0.4) is 0 Å². The van der Waals surface area contributed by atoms with Gasteiger partial charge in [0.2, 0.25) is 11.8 Å². The Morgan fingerprint density at radius 2 is 1.45 bits per heavy atom. The lowest BCUT2D eigenvalue weighted by Crippen LogP contribution is -2.47. The van der Waals surface area contributed by atoms with E-state index in [1.54, 1.807) is 24.2 Å². The molecule has 2 amide bonds. The summed E-state index contributed by atoms with van der Waals surface area (Å²) < 4.78 is 0. The highest BCUT2D eigenvalue weighted by molar-refractivity contribution is 5.88. The third-order valence-electron chi connectivity index (χ3n) is 4.78. The van der Waals surface area contributed by atoms with E-state index in [9.17, 15) is 9.59 Å². The van der Waals surface area contributed by atoms with Gasteiger partial charge in [-0.3, -0.25) is 14.6 Å². The first-order valence-electron chi connectivity index (χ1n) is 9.67. The van der Waals surface area contributed by atoms with Crippen LogP contribution >= 0.6 is 0 Å². The van der Waals surface area contributed by atoms with Crippen LogP contribution in [0.5, 0.6) is 0 Å². The summed E-state index contributed by atoms with van der Waals surface area (Å²) in [6, 6.07) is 22.4. The molecule has 0 unspecified atom stereocenters. The predicted molar refractivity (Wildman–Crippen MR) is 113 cm³/mol. The maximum Gasteiger partial charge on any atom is 0.242 e. The molecule has 5 heteroatoms. The molecule has 0 bridgehead atoms. The number of carbonyl (C=O) groups is 2. The minimum absolute atomic E-state index is 0.0772. The van der Waals surface area contributed by atoms with Gasteiger partial charge in [-0.15, -0.1) is 0 Å². The molecule has 5 nitrogen and oxygen atoms in total. The lowest BCUT2D eigenvalue weighted by Gasteiger charge is -2.29. The molecular formula is C24H25N3O2. The summed E-state index contributed by atoms with van der Waals surface area (Å²) in [5.74, 6) is -0.259. The van der Waals surface area contributed by atoms with Crippen LogP contribution in [0.15, 0.2) is 85.2 Å². The van der Waals surface area contributed by atoms with Crippen LogP contribution in [0.4, 0.5) is 0 Å². The highest BCUT2D eigenvalue weighted by atomic mass is 16.2. The molecule has 0 aliphatic carbocycles. The summed E-state index contributed by atoms with van der Waals surface area (Å²) in [5, 5.41) is 2.92. The molecule has 3 rings (SSSR count). The van der Waals surface area contributed by atoms with E-state index < -0.39 is 6.04 Å². The van der Waals surface area contributed by atoms with Crippen molar-refractivity contribution in [3.05, 3.63) is 102 Å². The van der Waals surface area contributed by atoms with Gasteiger partial charge in [0.05, 0.1) is 6.42 Å². The monoisotopic (exact) mass is 387 g/mol. The Balaban J connectivity index is 1.71. The largest absolute Gasteiger partial charge is 0.350 e. The zero-order valence-corrected chi connectivity index (χ0v) is 16.5. The highest BCUT2D eigenvalue weighted by Gasteiger charge is 2.26. The van der Waals surface area contributed by atoms with Crippen molar-refractivity contribution >= 4 is 11.8 Å². The van der Waals surface area contributed by atoms with E-state index in [0.29, 0.717) is 13.1 Å². The summed E-state index contributed by atoms with van der Waals surface area (Å²) in [6.07, 6.45) is 3.64. The van der Waals surface area contributed by atoms with E-state index in [2.05, 4.69) is 10.3 Å². The van der Waals surface area contributed by atoms with Gasteiger partial charge in [-0.25, -0.2) is 0 Å². The number of aromatic nitrogens is 1. The predicted octanol–water partition coefficient (Wildman–Crippen LogP) is 3.36. The van der Waals surface area contributed by atoms with Gasteiger partial charge in [0.1, 0.15) is 6.04 Å². The number of nitrogens with zero attached hydrogens (tertiary/aromatic N) is 2. The van der Waals surface area contributed by atoms with E-state index in [-0.39, 0.29) is 18.2 Å². The van der Waals surface area contributed by atoms with Crippen molar-refractivity contribution in [1.29, 1.82) is 0 Å². The molecule has 0 spiro atoms. The van der Waals surface area contributed by atoms with Gasteiger partial charge >= 0.3 is 0 Å². The smallest absolute Gasteiger partial charge is 0.242 e. The van der Waals surface area contributed by atoms with Crippen LogP contribution in [0.2, 0.25) is 0 Å². The third kappa shape index (κ3) is 6.01. The van der Waals surface area contributed by atoms with Crippen molar-refractivity contribution in [1.82, 2.24) is 15.2 Å². The van der Waals surface area contributed by atoms with Gasteiger partial charge in [-0.2, -0.15) is 0 Å². The molecular weight excluding hydrogens is 362 g/mol. The van der Waals surface area contributed by atoms with Crippen LogP contribution in [0, 0.1) is 0 Å².